The molecular formula is C16H22N2O6S. The van der Waals surface area contributed by atoms with Gasteiger partial charge in [-0.2, -0.15) is 4.31 Å². The van der Waals surface area contributed by atoms with Gasteiger partial charge >= 0.3 is 6.09 Å². The van der Waals surface area contributed by atoms with Crippen LogP contribution in [0.2, 0.25) is 0 Å². The number of amides is 1. The van der Waals surface area contributed by atoms with E-state index in [1.165, 1.54) is 18.2 Å². The number of sulfonamides is 1. The maximum atomic E-state index is 13.2. The first kappa shape index (κ1) is 18.0. The summed E-state index contributed by atoms with van der Waals surface area (Å²) in [5, 5.41) is 9.24. The Labute approximate surface area is 146 Å². The molecule has 1 heterocycles. The van der Waals surface area contributed by atoms with Gasteiger partial charge in [0.15, 0.2) is 0 Å². The summed E-state index contributed by atoms with van der Waals surface area (Å²) in [5.41, 5.74) is 1.01. The van der Waals surface area contributed by atoms with Crippen LogP contribution in [0.3, 0.4) is 0 Å². The molecule has 1 aromatic carbocycles. The van der Waals surface area contributed by atoms with Crippen molar-refractivity contribution in [2.24, 2.45) is 0 Å². The maximum Gasteiger partial charge on any atom is 0.424 e. The fraction of sp³-hybridized carbons (Fsp3) is 0.562. The van der Waals surface area contributed by atoms with Gasteiger partial charge in [-0.1, -0.05) is 12.1 Å². The van der Waals surface area contributed by atoms with Crippen molar-refractivity contribution >= 4 is 21.8 Å². The quantitative estimate of drug-likeness (QED) is 0.618. The van der Waals surface area contributed by atoms with Crippen LogP contribution in [-0.4, -0.2) is 47.9 Å². The first-order valence-electron chi connectivity index (χ1n) is 8.07. The Morgan fingerprint density at radius 3 is 2.52 bits per heavy atom. The zero-order valence-electron chi connectivity index (χ0n) is 14.3. The van der Waals surface area contributed by atoms with Gasteiger partial charge in [0.25, 0.3) is 10.0 Å². The lowest BCUT2D eigenvalue weighted by atomic mass is 10.2. The smallest absolute Gasteiger partial charge is 0.424 e. The summed E-state index contributed by atoms with van der Waals surface area (Å²) >= 11 is 0. The predicted octanol–water partition coefficient (Wildman–Crippen LogP) is 2.34. The van der Waals surface area contributed by atoms with Gasteiger partial charge in [0, 0.05) is 0 Å². The predicted molar refractivity (Wildman–Crippen MR) is 88.8 cm³/mol. The van der Waals surface area contributed by atoms with Crippen LogP contribution in [0.15, 0.2) is 29.2 Å². The van der Waals surface area contributed by atoms with Crippen molar-refractivity contribution in [3.05, 3.63) is 24.3 Å². The molecule has 0 spiro atoms. The number of nitrogens with zero attached hydrogens (tertiary/aromatic N) is 1. The van der Waals surface area contributed by atoms with E-state index < -0.39 is 27.8 Å². The van der Waals surface area contributed by atoms with Gasteiger partial charge in [-0.05, 0) is 45.7 Å². The van der Waals surface area contributed by atoms with Crippen LogP contribution in [0.25, 0.3) is 0 Å². The molecule has 1 amide bonds. The molecule has 9 heteroatoms. The Morgan fingerprint density at radius 1 is 1.32 bits per heavy atom. The van der Waals surface area contributed by atoms with Crippen molar-refractivity contribution in [1.29, 1.82) is 0 Å². The topological polar surface area (TPSA) is 108 Å². The fourth-order valence-electron chi connectivity index (χ4n) is 3.09. The number of hydrogen-bond donors (Lipinski definition) is 2. The third-order valence-corrected chi connectivity index (χ3v) is 6.02. The molecule has 1 aromatic rings. The Balaban J connectivity index is 2.02. The summed E-state index contributed by atoms with van der Waals surface area (Å²) < 4.78 is 38.0. The van der Waals surface area contributed by atoms with Crippen LogP contribution in [0.1, 0.15) is 33.6 Å². The summed E-state index contributed by atoms with van der Waals surface area (Å²) in [6.45, 7) is 5.01. The van der Waals surface area contributed by atoms with E-state index in [0.29, 0.717) is 12.8 Å². The second kappa shape index (κ2) is 6.15. The van der Waals surface area contributed by atoms with Crippen molar-refractivity contribution in [3.63, 3.8) is 0 Å². The number of ether oxygens (including phenoxy) is 2. The van der Waals surface area contributed by atoms with E-state index >= 15 is 0 Å². The number of para-hydroxylation sites is 1. The molecule has 1 saturated carbocycles. The molecule has 0 aromatic heterocycles. The lowest BCUT2D eigenvalue weighted by Crippen LogP contribution is -2.48. The molecule has 25 heavy (non-hydrogen) atoms. The minimum Gasteiger partial charge on any atom is -0.443 e. The Kier molecular flexibility index (Phi) is 4.42. The number of nitrogens with one attached hydrogen (secondary N) is 1. The Bertz CT molecular complexity index is 773. The standard InChI is InChI=1S/C16H22N2O6S/c1-16(2,3)24-15(19)18(11-8-9-12-14(11)23-12)25(21,22)13-7-5-4-6-10(13)17-20/h4-7,11-12,14,17,20H,8-9H2,1-3H3/t11-,12?,14+/m0/s1. The number of benzene rings is 1. The highest BCUT2D eigenvalue weighted by atomic mass is 32.2. The molecule has 0 bridgehead atoms. The van der Waals surface area contributed by atoms with Crippen LogP contribution in [0.5, 0.6) is 0 Å². The number of carbonyl (C=O) groups excluding carboxylic acids is 1. The van der Waals surface area contributed by atoms with Crippen LogP contribution in [-0.2, 0) is 19.5 Å². The summed E-state index contributed by atoms with van der Waals surface area (Å²) in [6, 6.07) is 5.21. The van der Waals surface area contributed by atoms with Gasteiger partial charge in [0.1, 0.15) is 16.6 Å². The van der Waals surface area contributed by atoms with Gasteiger partial charge in [-0.15, -0.1) is 0 Å². The summed E-state index contributed by atoms with van der Waals surface area (Å²) in [6.07, 6.45) is -0.0266. The zero-order valence-corrected chi connectivity index (χ0v) is 15.1. The third kappa shape index (κ3) is 3.44. The van der Waals surface area contributed by atoms with E-state index in [1.807, 2.05) is 5.48 Å². The molecule has 0 radical (unpaired) electrons. The number of fused-ring (bicyclic) bond motifs is 1. The normalized spacial score (nSPS) is 25.2. The molecule has 1 aliphatic heterocycles. The molecule has 1 aliphatic carbocycles. The van der Waals surface area contributed by atoms with Gasteiger partial charge in [0.2, 0.25) is 0 Å². The molecule has 2 fully saturated rings. The van der Waals surface area contributed by atoms with Crippen molar-refractivity contribution in [3.8, 4) is 0 Å². The van der Waals surface area contributed by atoms with E-state index in [-0.39, 0.29) is 22.8 Å². The van der Waals surface area contributed by atoms with Gasteiger partial charge in [-0.3, -0.25) is 10.7 Å². The van der Waals surface area contributed by atoms with Gasteiger partial charge in [0.05, 0.1) is 17.8 Å². The van der Waals surface area contributed by atoms with E-state index in [4.69, 9.17) is 9.47 Å². The molecule has 3 atom stereocenters. The van der Waals surface area contributed by atoms with Crippen molar-refractivity contribution in [2.75, 3.05) is 5.48 Å². The Hall–Kier alpha value is -1.84. The first-order chi connectivity index (χ1) is 11.6. The van der Waals surface area contributed by atoms with Crippen LogP contribution in [0.4, 0.5) is 10.5 Å². The van der Waals surface area contributed by atoms with E-state index in [1.54, 1.807) is 26.8 Å². The minimum atomic E-state index is -4.25. The monoisotopic (exact) mass is 370 g/mol. The lowest BCUT2D eigenvalue weighted by Gasteiger charge is -2.31. The van der Waals surface area contributed by atoms with Crippen molar-refractivity contribution < 1.29 is 27.9 Å². The van der Waals surface area contributed by atoms with Crippen molar-refractivity contribution in [2.45, 2.75) is 62.4 Å². The number of anilines is 1. The number of carbonyl (C=O) groups is 1. The maximum absolute atomic E-state index is 13.2. The van der Waals surface area contributed by atoms with E-state index in [2.05, 4.69) is 0 Å². The van der Waals surface area contributed by atoms with Gasteiger partial charge in [-0.25, -0.2) is 13.2 Å². The Morgan fingerprint density at radius 2 is 2.00 bits per heavy atom. The average molecular weight is 370 g/mol. The highest BCUT2D eigenvalue weighted by molar-refractivity contribution is 7.89. The van der Waals surface area contributed by atoms with E-state index in [9.17, 15) is 18.4 Å². The summed E-state index contributed by atoms with van der Waals surface area (Å²) in [5.74, 6) is 0. The largest absolute Gasteiger partial charge is 0.443 e. The lowest BCUT2D eigenvalue weighted by molar-refractivity contribution is 0.0311. The fourth-order valence-corrected chi connectivity index (χ4v) is 4.76. The SMILES string of the molecule is CC(C)(C)OC(=O)N([C@H]1CCC2O[C@@H]21)S(=O)(=O)c1ccccc1NO. The average Bonchev–Trinajstić information content (AvgIpc) is 3.19. The first-order valence-corrected chi connectivity index (χ1v) is 9.51. The highest BCUT2D eigenvalue weighted by Gasteiger charge is 2.57. The number of hydrogen-bond acceptors (Lipinski definition) is 7. The molecule has 2 N–H and O–H groups in total. The second-order valence-electron chi connectivity index (χ2n) is 7.17. The van der Waals surface area contributed by atoms with Crippen molar-refractivity contribution in [1.82, 2.24) is 4.31 Å². The second-order valence-corrected chi connectivity index (χ2v) is 8.96. The molecule has 1 unspecified atom stereocenters. The molecule has 1 saturated heterocycles. The zero-order chi connectivity index (χ0) is 18.4. The molecule has 8 nitrogen and oxygen atoms in total. The van der Waals surface area contributed by atoms with Gasteiger partial charge < -0.3 is 9.47 Å². The third-order valence-electron chi connectivity index (χ3n) is 4.17. The van der Waals surface area contributed by atoms with Crippen LogP contribution in [0, 0.1) is 0 Å². The molecule has 3 rings (SSSR count). The highest BCUT2D eigenvalue weighted by Crippen LogP contribution is 2.43. The minimum absolute atomic E-state index is 0.00338. The molecular weight excluding hydrogens is 348 g/mol. The molecule has 2 aliphatic rings. The van der Waals surface area contributed by atoms with Crippen LogP contribution >= 0.6 is 0 Å². The molecule has 138 valence electrons. The number of epoxide rings is 1. The summed E-state index contributed by atoms with van der Waals surface area (Å²) in [7, 11) is -4.25. The summed E-state index contributed by atoms with van der Waals surface area (Å²) in [4.78, 5) is 12.5. The van der Waals surface area contributed by atoms with E-state index in [0.717, 1.165) is 4.31 Å². The van der Waals surface area contributed by atoms with Crippen LogP contribution < -0.4 is 5.48 Å². The number of rotatable bonds is 4.